The minimum atomic E-state index is -2.97. The van der Waals surface area contributed by atoms with E-state index < -0.39 is 41.5 Å². The molecule has 2 atom stereocenters. The maximum atomic E-state index is 15.3. The summed E-state index contributed by atoms with van der Waals surface area (Å²) in [4.78, 5) is 17.7. The minimum absolute atomic E-state index is 0.0895. The molecule has 2 unspecified atom stereocenters. The number of piperazine rings is 1. The lowest BCUT2D eigenvalue weighted by atomic mass is 10.1. The first kappa shape index (κ1) is 28.7. The molecule has 3 heterocycles. The van der Waals surface area contributed by atoms with Crippen LogP contribution >= 0.6 is 12.2 Å². The predicted molar refractivity (Wildman–Crippen MR) is 142 cm³/mol. The van der Waals surface area contributed by atoms with E-state index in [9.17, 15) is 22.4 Å². The Morgan fingerprint density at radius 3 is 2.34 bits per heavy atom. The van der Waals surface area contributed by atoms with E-state index in [4.69, 9.17) is 21.4 Å². The number of carbonyl (C=O) groups excluding carboxylic acids is 1. The molecular weight excluding hydrogens is 569 g/mol. The average Bonchev–Trinajstić information content (AvgIpc) is 3.65. The third-order valence-corrected chi connectivity index (χ3v) is 7.27. The largest absolute Gasteiger partial charge is 0.444 e. The summed E-state index contributed by atoms with van der Waals surface area (Å²) in [6.45, 7) is 5.94. The second-order valence-electron chi connectivity index (χ2n) is 10.8. The molecule has 3 aromatic rings. The van der Waals surface area contributed by atoms with Crippen molar-refractivity contribution in [2.24, 2.45) is 0 Å². The van der Waals surface area contributed by atoms with Crippen molar-refractivity contribution in [1.29, 1.82) is 0 Å². The van der Waals surface area contributed by atoms with Crippen molar-refractivity contribution < 1.29 is 35.9 Å². The molecule has 2 aliphatic heterocycles. The zero-order valence-corrected chi connectivity index (χ0v) is 23.1. The number of carbonyl (C=O) groups is 1. The van der Waals surface area contributed by atoms with Crippen molar-refractivity contribution in [2.75, 3.05) is 18.0 Å². The SMILES string of the molecule is CC(C)(C)OC(=O)N1CC2CC1CN2C(=S)N(Cc1ccc(-c2nnc(C(F)F)o2)cc1F)c1ccc(F)c(F)c1. The van der Waals surface area contributed by atoms with Gasteiger partial charge in [-0.3, -0.25) is 0 Å². The number of aromatic nitrogens is 2. The molecule has 8 nitrogen and oxygen atoms in total. The molecule has 41 heavy (non-hydrogen) atoms. The summed E-state index contributed by atoms with van der Waals surface area (Å²) in [7, 11) is 0. The zero-order chi connectivity index (χ0) is 29.6. The summed E-state index contributed by atoms with van der Waals surface area (Å²) in [5, 5.41) is 7.02. The molecule has 1 aromatic heterocycles. The van der Waals surface area contributed by atoms with Crippen LogP contribution in [0, 0.1) is 17.5 Å². The van der Waals surface area contributed by atoms with Gasteiger partial charge in [-0.25, -0.2) is 18.0 Å². The van der Waals surface area contributed by atoms with Crippen LogP contribution in [-0.4, -0.2) is 62.0 Å². The topological polar surface area (TPSA) is 74.9 Å². The van der Waals surface area contributed by atoms with Gasteiger partial charge in [-0.1, -0.05) is 6.07 Å². The number of amides is 1. The normalized spacial score (nSPS) is 18.4. The Hall–Kier alpha value is -3.81. The quantitative estimate of drug-likeness (QED) is 0.260. The number of anilines is 1. The van der Waals surface area contributed by atoms with Gasteiger partial charge in [0.25, 0.3) is 5.89 Å². The lowest BCUT2D eigenvalue weighted by Gasteiger charge is -2.39. The Morgan fingerprint density at radius 1 is 1.05 bits per heavy atom. The fourth-order valence-corrected chi connectivity index (χ4v) is 5.33. The highest BCUT2D eigenvalue weighted by molar-refractivity contribution is 7.80. The predicted octanol–water partition coefficient (Wildman–Crippen LogP) is 6.08. The monoisotopic (exact) mass is 595 g/mol. The number of hydrogen-bond donors (Lipinski definition) is 0. The fraction of sp³-hybridized carbons (Fsp3) is 0.407. The highest BCUT2D eigenvalue weighted by Gasteiger charge is 2.48. The Labute approximate surface area is 237 Å². The number of likely N-dealkylation sites (tertiary alicyclic amines) is 2. The van der Waals surface area contributed by atoms with Crippen molar-refractivity contribution in [3.8, 4) is 11.5 Å². The van der Waals surface area contributed by atoms with E-state index in [1.165, 1.54) is 23.1 Å². The molecule has 0 aliphatic carbocycles. The molecule has 5 rings (SSSR count). The van der Waals surface area contributed by atoms with Gasteiger partial charge in [-0.2, -0.15) is 8.78 Å². The van der Waals surface area contributed by atoms with E-state index >= 15 is 4.39 Å². The third-order valence-electron chi connectivity index (χ3n) is 6.82. The summed E-state index contributed by atoms with van der Waals surface area (Å²) in [6.07, 6.45) is -2.75. The van der Waals surface area contributed by atoms with Crippen molar-refractivity contribution in [3.63, 3.8) is 0 Å². The summed E-state index contributed by atoms with van der Waals surface area (Å²) >= 11 is 5.80. The number of alkyl halides is 2. The first-order valence-electron chi connectivity index (χ1n) is 12.7. The van der Waals surface area contributed by atoms with E-state index in [1.807, 2.05) is 4.90 Å². The highest BCUT2D eigenvalue weighted by atomic mass is 32.1. The standard InChI is InChI=1S/C27H26F5N5O3S/c1-27(2,3)40-26(38)37-13-17-9-18(37)12-36(17)25(41)35(16-6-7-19(28)21(30)10-16)11-15-5-4-14(8-20(15)29)23-33-34-24(39-23)22(31)32/h4-8,10,17-18,22H,9,11-13H2,1-3H3. The number of halogens is 5. The number of benzene rings is 2. The van der Waals surface area contributed by atoms with Crippen LogP contribution in [0.2, 0.25) is 0 Å². The molecule has 1 amide bonds. The number of fused-ring (bicyclic) bond motifs is 2. The molecular formula is C27H26F5N5O3S. The lowest BCUT2D eigenvalue weighted by molar-refractivity contribution is 0.0168. The molecule has 2 fully saturated rings. The first-order valence-corrected chi connectivity index (χ1v) is 13.1. The third kappa shape index (κ3) is 5.97. The van der Waals surface area contributed by atoms with Gasteiger partial charge in [-0.15, -0.1) is 10.2 Å². The van der Waals surface area contributed by atoms with Crippen LogP contribution in [0.15, 0.2) is 40.8 Å². The number of ether oxygens (including phenoxy) is 1. The molecule has 2 saturated heterocycles. The fourth-order valence-electron chi connectivity index (χ4n) is 4.94. The molecule has 0 N–H and O–H groups in total. The van der Waals surface area contributed by atoms with Crippen LogP contribution in [0.3, 0.4) is 0 Å². The molecule has 14 heteroatoms. The van der Waals surface area contributed by atoms with Crippen molar-refractivity contribution in [2.45, 2.75) is 57.8 Å². The van der Waals surface area contributed by atoms with Crippen LogP contribution < -0.4 is 4.90 Å². The maximum Gasteiger partial charge on any atom is 0.410 e. The summed E-state index contributed by atoms with van der Waals surface area (Å²) in [6, 6.07) is 6.82. The van der Waals surface area contributed by atoms with Crippen LogP contribution in [0.4, 0.5) is 32.4 Å². The van der Waals surface area contributed by atoms with Crippen LogP contribution in [0.1, 0.15) is 45.1 Å². The molecule has 0 saturated carbocycles. The summed E-state index contributed by atoms with van der Waals surface area (Å²) in [5.41, 5.74) is -0.227. The highest BCUT2D eigenvalue weighted by Crippen LogP contribution is 2.35. The van der Waals surface area contributed by atoms with E-state index in [0.29, 0.717) is 19.5 Å². The summed E-state index contributed by atoms with van der Waals surface area (Å²) < 4.78 is 79.3. The lowest BCUT2D eigenvalue weighted by Crippen LogP contribution is -2.54. The van der Waals surface area contributed by atoms with Gasteiger partial charge < -0.3 is 23.9 Å². The minimum Gasteiger partial charge on any atom is -0.444 e. The maximum absolute atomic E-state index is 15.3. The van der Waals surface area contributed by atoms with Crippen molar-refractivity contribution >= 4 is 29.1 Å². The van der Waals surface area contributed by atoms with Crippen molar-refractivity contribution in [3.05, 3.63) is 65.3 Å². The second-order valence-corrected chi connectivity index (χ2v) is 11.2. The Kier molecular flexibility index (Phi) is 7.62. The van der Waals surface area contributed by atoms with Gasteiger partial charge in [0.2, 0.25) is 5.89 Å². The number of nitrogens with zero attached hydrogens (tertiary/aromatic N) is 5. The van der Waals surface area contributed by atoms with E-state index in [1.54, 1.807) is 25.7 Å². The van der Waals surface area contributed by atoms with Crippen LogP contribution in [0.25, 0.3) is 11.5 Å². The van der Waals surface area contributed by atoms with E-state index in [0.717, 1.165) is 18.2 Å². The van der Waals surface area contributed by atoms with Gasteiger partial charge in [-0.05, 0) is 63.7 Å². The Balaban J connectivity index is 1.38. The smallest absolute Gasteiger partial charge is 0.410 e. The average molecular weight is 596 g/mol. The molecule has 2 aromatic carbocycles. The van der Waals surface area contributed by atoms with Crippen LogP contribution in [0.5, 0.6) is 0 Å². The molecule has 0 spiro atoms. The zero-order valence-electron chi connectivity index (χ0n) is 22.3. The van der Waals surface area contributed by atoms with Crippen molar-refractivity contribution in [1.82, 2.24) is 20.0 Å². The Bertz CT molecular complexity index is 1480. The van der Waals surface area contributed by atoms with Gasteiger partial charge in [0.05, 0.1) is 18.6 Å². The Morgan fingerprint density at radius 2 is 1.76 bits per heavy atom. The second kappa shape index (κ2) is 10.9. The van der Waals surface area contributed by atoms with E-state index in [2.05, 4.69) is 10.2 Å². The summed E-state index contributed by atoms with van der Waals surface area (Å²) in [5.74, 6) is -4.04. The number of hydrogen-bond acceptors (Lipinski definition) is 6. The molecule has 0 radical (unpaired) electrons. The van der Waals surface area contributed by atoms with Gasteiger partial charge in [0.15, 0.2) is 16.7 Å². The van der Waals surface area contributed by atoms with Gasteiger partial charge >= 0.3 is 12.5 Å². The molecule has 218 valence electrons. The van der Waals surface area contributed by atoms with E-state index in [-0.39, 0.29) is 46.4 Å². The number of rotatable bonds is 5. The molecule has 2 bridgehead atoms. The first-order chi connectivity index (χ1) is 19.3. The molecule has 2 aliphatic rings. The number of thiocarbonyl (C=S) groups is 1. The van der Waals surface area contributed by atoms with Gasteiger partial charge in [0, 0.05) is 36.0 Å². The van der Waals surface area contributed by atoms with Crippen LogP contribution in [-0.2, 0) is 11.3 Å². The van der Waals surface area contributed by atoms with Gasteiger partial charge in [0.1, 0.15) is 11.4 Å².